The predicted molar refractivity (Wildman–Crippen MR) is 91.5 cm³/mol. The van der Waals surface area contributed by atoms with E-state index in [-0.39, 0.29) is 6.61 Å². The van der Waals surface area contributed by atoms with Gasteiger partial charge in [-0.25, -0.2) is 9.97 Å². The molecule has 0 amide bonds. The number of ether oxygens (including phenoxy) is 2. The second-order valence-electron chi connectivity index (χ2n) is 5.52. The number of morpholine rings is 1. The molecule has 0 aliphatic carbocycles. The normalized spacial score (nSPS) is 15.8. The minimum atomic E-state index is -0.632. The van der Waals surface area contributed by atoms with E-state index in [9.17, 15) is 5.11 Å². The van der Waals surface area contributed by atoms with Crippen molar-refractivity contribution in [2.24, 2.45) is 0 Å². The number of anilines is 2. The van der Waals surface area contributed by atoms with Gasteiger partial charge < -0.3 is 24.8 Å². The van der Waals surface area contributed by atoms with Gasteiger partial charge in [-0.1, -0.05) is 18.2 Å². The maximum Gasteiger partial charge on any atom is 0.134 e. The fourth-order valence-electron chi connectivity index (χ4n) is 2.40. The Hall–Kier alpha value is -2.38. The molecule has 2 N–H and O–H groups in total. The predicted octanol–water partition coefficient (Wildman–Crippen LogP) is 1.16. The van der Waals surface area contributed by atoms with Crippen LogP contribution in [-0.4, -0.2) is 60.6 Å². The molecule has 0 radical (unpaired) electrons. The van der Waals surface area contributed by atoms with E-state index in [4.69, 9.17) is 9.47 Å². The van der Waals surface area contributed by atoms with Gasteiger partial charge in [-0.15, -0.1) is 0 Å². The molecule has 1 unspecified atom stereocenters. The van der Waals surface area contributed by atoms with Crippen LogP contribution in [0.15, 0.2) is 42.7 Å². The Balaban J connectivity index is 1.47. The summed E-state index contributed by atoms with van der Waals surface area (Å²) in [6, 6.07) is 11.3. The zero-order chi connectivity index (χ0) is 16.6. The van der Waals surface area contributed by atoms with Crippen molar-refractivity contribution in [1.29, 1.82) is 0 Å². The van der Waals surface area contributed by atoms with Gasteiger partial charge in [0, 0.05) is 25.7 Å². The van der Waals surface area contributed by atoms with Crippen LogP contribution in [0.5, 0.6) is 5.75 Å². The van der Waals surface area contributed by atoms with Crippen LogP contribution >= 0.6 is 0 Å². The van der Waals surface area contributed by atoms with Crippen molar-refractivity contribution in [2.75, 3.05) is 49.7 Å². The van der Waals surface area contributed by atoms with Gasteiger partial charge in [0.05, 0.1) is 13.2 Å². The third-order valence-electron chi connectivity index (χ3n) is 3.69. The molecule has 7 heteroatoms. The largest absolute Gasteiger partial charge is 0.491 e. The highest BCUT2D eigenvalue weighted by Gasteiger charge is 2.13. The van der Waals surface area contributed by atoms with Crippen LogP contribution in [0.3, 0.4) is 0 Å². The van der Waals surface area contributed by atoms with Gasteiger partial charge >= 0.3 is 0 Å². The molecule has 1 aliphatic heterocycles. The standard InChI is InChI=1S/C17H22N4O3/c22-14(12-24-15-4-2-1-3-5-15)11-18-16-10-17(20-13-19-16)21-6-8-23-9-7-21/h1-5,10,13-14,22H,6-9,11-12H2,(H,18,19,20). The van der Waals surface area contributed by atoms with Gasteiger partial charge in [0.2, 0.25) is 0 Å². The highest BCUT2D eigenvalue weighted by molar-refractivity contribution is 5.48. The van der Waals surface area contributed by atoms with Gasteiger partial charge in [0.15, 0.2) is 0 Å². The van der Waals surface area contributed by atoms with Crippen molar-refractivity contribution in [2.45, 2.75) is 6.10 Å². The Morgan fingerprint density at radius 1 is 1.21 bits per heavy atom. The Kier molecular flexibility index (Phi) is 5.81. The maximum atomic E-state index is 10.0. The average Bonchev–Trinajstić information content (AvgIpc) is 2.66. The number of rotatable bonds is 7. The van der Waals surface area contributed by atoms with E-state index in [2.05, 4.69) is 20.2 Å². The second kappa shape index (κ2) is 8.47. The van der Waals surface area contributed by atoms with Gasteiger partial charge in [-0.3, -0.25) is 0 Å². The maximum absolute atomic E-state index is 10.0. The van der Waals surface area contributed by atoms with Crippen LogP contribution in [0.1, 0.15) is 0 Å². The van der Waals surface area contributed by atoms with E-state index in [1.165, 1.54) is 6.33 Å². The van der Waals surface area contributed by atoms with E-state index in [0.29, 0.717) is 25.6 Å². The molecule has 1 aliphatic rings. The van der Waals surface area contributed by atoms with Crippen LogP contribution in [0, 0.1) is 0 Å². The first-order valence-corrected chi connectivity index (χ1v) is 8.06. The van der Waals surface area contributed by atoms with E-state index in [0.717, 1.165) is 24.7 Å². The third-order valence-corrected chi connectivity index (χ3v) is 3.69. The highest BCUT2D eigenvalue weighted by atomic mass is 16.5. The van der Waals surface area contributed by atoms with Crippen LogP contribution in [0.25, 0.3) is 0 Å². The number of nitrogens with one attached hydrogen (secondary N) is 1. The van der Waals surface area contributed by atoms with Crippen molar-refractivity contribution < 1.29 is 14.6 Å². The lowest BCUT2D eigenvalue weighted by Crippen LogP contribution is -2.36. The van der Waals surface area contributed by atoms with Crippen molar-refractivity contribution in [3.63, 3.8) is 0 Å². The van der Waals surface area contributed by atoms with E-state index < -0.39 is 6.10 Å². The first-order valence-electron chi connectivity index (χ1n) is 8.06. The van der Waals surface area contributed by atoms with Gasteiger partial charge in [0.1, 0.15) is 36.4 Å². The molecule has 0 spiro atoms. The number of para-hydroxylation sites is 1. The van der Waals surface area contributed by atoms with Gasteiger partial charge in [0.25, 0.3) is 0 Å². The molecule has 1 saturated heterocycles. The summed E-state index contributed by atoms with van der Waals surface area (Å²) in [6.45, 7) is 3.64. The summed E-state index contributed by atoms with van der Waals surface area (Å²) < 4.78 is 10.9. The molecular weight excluding hydrogens is 308 g/mol. The fourth-order valence-corrected chi connectivity index (χ4v) is 2.40. The number of aliphatic hydroxyl groups excluding tert-OH is 1. The molecule has 1 atom stereocenters. The van der Waals surface area contributed by atoms with Crippen molar-refractivity contribution in [3.05, 3.63) is 42.7 Å². The Labute approximate surface area is 141 Å². The molecule has 24 heavy (non-hydrogen) atoms. The minimum absolute atomic E-state index is 0.221. The molecule has 0 bridgehead atoms. The molecule has 1 fully saturated rings. The molecule has 0 saturated carbocycles. The quantitative estimate of drug-likeness (QED) is 0.789. The smallest absolute Gasteiger partial charge is 0.134 e. The third kappa shape index (κ3) is 4.81. The summed E-state index contributed by atoms with van der Waals surface area (Å²) in [4.78, 5) is 10.6. The first-order chi connectivity index (χ1) is 11.8. The number of aliphatic hydroxyl groups is 1. The number of hydrogen-bond donors (Lipinski definition) is 2. The molecule has 2 aromatic rings. The van der Waals surface area contributed by atoms with Crippen molar-refractivity contribution in [1.82, 2.24) is 9.97 Å². The number of aromatic nitrogens is 2. The Bertz CT molecular complexity index is 620. The average molecular weight is 330 g/mol. The second-order valence-corrected chi connectivity index (χ2v) is 5.52. The summed E-state index contributed by atoms with van der Waals surface area (Å²) in [7, 11) is 0. The van der Waals surface area contributed by atoms with Crippen LogP contribution < -0.4 is 15.0 Å². The lowest BCUT2D eigenvalue weighted by atomic mass is 10.3. The SMILES string of the molecule is OC(CNc1cc(N2CCOCC2)ncn1)COc1ccccc1. The molecular formula is C17H22N4O3. The number of nitrogens with zero attached hydrogens (tertiary/aromatic N) is 3. The van der Waals surface area contributed by atoms with Crippen LogP contribution in [0.2, 0.25) is 0 Å². The van der Waals surface area contributed by atoms with Crippen LogP contribution in [0.4, 0.5) is 11.6 Å². The summed E-state index contributed by atoms with van der Waals surface area (Å²) in [5.74, 6) is 2.30. The van der Waals surface area contributed by atoms with E-state index in [1.54, 1.807) is 0 Å². The number of hydrogen-bond acceptors (Lipinski definition) is 7. The minimum Gasteiger partial charge on any atom is -0.491 e. The van der Waals surface area contributed by atoms with Gasteiger partial charge in [-0.2, -0.15) is 0 Å². The lowest BCUT2D eigenvalue weighted by Gasteiger charge is -2.27. The van der Waals surface area contributed by atoms with E-state index in [1.807, 2.05) is 36.4 Å². The first kappa shape index (κ1) is 16.5. The lowest BCUT2D eigenvalue weighted by molar-refractivity contribution is 0.117. The van der Waals surface area contributed by atoms with Crippen molar-refractivity contribution in [3.8, 4) is 5.75 Å². The molecule has 1 aromatic heterocycles. The van der Waals surface area contributed by atoms with Gasteiger partial charge in [-0.05, 0) is 12.1 Å². The fraction of sp³-hybridized carbons (Fsp3) is 0.412. The van der Waals surface area contributed by atoms with E-state index >= 15 is 0 Å². The van der Waals surface area contributed by atoms with Crippen LogP contribution in [-0.2, 0) is 4.74 Å². The molecule has 3 rings (SSSR count). The summed E-state index contributed by atoms with van der Waals surface area (Å²) in [5, 5.41) is 13.2. The zero-order valence-electron chi connectivity index (χ0n) is 13.5. The summed E-state index contributed by atoms with van der Waals surface area (Å²) >= 11 is 0. The summed E-state index contributed by atoms with van der Waals surface area (Å²) in [5.41, 5.74) is 0. The molecule has 2 heterocycles. The molecule has 7 nitrogen and oxygen atoms in total. The zero-order valence-corrected chi connectivity index (χ0v) is 13.5. The number of benzene rings is 1. The molecule has 1 aromatic carbocycles. The Morgan fingerprint density at radius 3 is 2.79 bits per heavy atom. The topological polar surface area (TPSA) is 79.7 Å². The summed E-state index contributed by atoms with van der Waals surface area (Å²) in [6.07, 6.45) is 0.895. The monoisotopic (exact) mass is 330 g/mol. The highest BCUT2D eigenvalue weighted by Crippen LogP contribution is 2.15. The Morgan fingerprint density at radius 2 is 2.00 bits per heavy atom. The van der Waals surface area contributed by atoms with Crippen molar-refractivity contribution >= 4 is 11.6 Å². The molecule has 128 valence electrons.